The lowest BCUT2D eigenvalue weighted by Gasteiger charge is -2.19. The number of carboxylic acids is 1. The van der Waals surface area contributed by atoms with Crippen molar-refractivity contribution in [2.24, 2.45) is 5.92 Å². The molecule has 0 spiro atoms. The van der Waals surface area contributed by atoms with Crippen LogP contribution in [-0.2, 0) is 11.3 Å². The number of carbonyl (C=O) groups is 1. The van der Waals surface area contributed by atoms with Crippen LogP contribution in [0.4, 0.5) is 0 Å². The van der Waals surface area contributed by atoms with Crippen LogP contribution in [-0.4, -0.2) is 41.1 Å². The molecule has 1 heterocycles. The highest BCUT2D eigenvalue weighted by Crippen LogP contribution is 2.20. The van der Waals surface area contributed by atoms with Gasteiger partial charge in [0.2, 0.25) is 0 Å². The molecule has 2 atom stereocenters. The summed E-state index contributed by atoms with van der Waals surface area (Å²) in [5.41, 5.74) is 1.23. The van der Waals surface area contributed by atoms with E-state index in [0.717, 1.165) is 13.1 Å². The van der Waals surface area contributed by atoms with E-state index in [-0.39, 0.29) is 12.0 Å². The van der Waals surface area contributed by atoms with Crippen molar-refractivity contribution in [3.63, 3.8) is 0 Å². The van der Waals surface area contributed by atoms with E-state index >= 15 is 0 Å². The van der Waals surface area contributed by atoms with Gasteiger partial charge in [0.1, 0.15) is 0 Å². The Hall–Kier alpha value is -1.39. The monoisotopic (exact) mass is 262 g/mol. The smallest absolute Gasteiger partial charge is 0.309 e. The molecule has 1 saturated heterocycles. The molecule has 1 fully saturated rings. The van der Waals surface area contributed by atoms with Gasteiger partial charge in [0.25, 0.3) is 0 Å². The summed E-state index contributed by atoms with van der Waals surface area (Å²) in [5, 5.41) is 12.7. The molecule has 4 nitrogen and oxygen atoms in total. The van der Waals surface area contributed by atoms with Crippen molar-refractivity contribution in [3.8, 4) is 0 Å². The molecule has 104 valence electrons. The average Bonchev–Trinajstić information content (AvgIpc) is 2.72. The number of benzene rings is 1. The number of nitrogens with zero attached hydrogens (tertiary/aromatic N) is 1. The van der Waals surface area contributed by atoms with E-state index in [1.807, 2.05) is 18.2 Å². The van der Waals surface area contributed by atoms with Crippen LogP contribution in [0.15, 0.2) is 30.3 Å². The molecule has 0 saturated carbocycles. The average molecular weight is 262 g/mol. The molecule has 2 N–H and O–H groups in total. The zero-order valence-electron chi connectivity index (χ0n) is 11.5. The maximum absolute atomic E-state index is 11.3. The fraction of sp³-hybridized carbons (Fsp3) is 0.533. The van der Waals surface area contributed by atoms with E-state index in [9.17, 15) is 9.90 Å². The fourth-order valence-corrected chi connectivity index (χ4v) is 2.70. The van der Waals surface area contributed by atoms with Crippen LogP contribution in [0.3, 0.4) is 0 Å². The largest absolute Gasteiger partial charge is 0.481 e. The maximum atomic E-state index is 11.3. The lowest BCUT2D eigenvalue weighted by Crippen LogP contribution is -2.42. The summed E-state index contributed by atoms with van der Waals surface area (Å²) in [5.74, 6) is -1.01. The summed E-state index contributed by atoms with van der Waals surface area (Å²) in [4.78, 5) is 13.5. The molecule has 2 rings (SSSR count). The molecule has 1 aliphatic rings. The predicted octanol–water partition coefficient (Wildman–Crippen LogP) is 1.57. The lowest BCUT2D eigenvalue weighted by molar-refractivity contribution is -0.141. The number of hydrogen-bond acceptors (Lipinski definition) is 3. The van der Waals surface area contributed by atoms with Crippen LogP contribution in [0, 0.1) is 5.92 Å². The first-order valence-electron chi connectivity index (χ1n) is 6.81. The summed E-state index contributed by atoms with van der Waals surface area (Å²) in [7, 11) is 0. The Morgan fingerprint density at radius 1 is 1.37 bits per heavy atom. The highest BCUT2D eigenvalue weighted by atomic mass is 16.4. The standard InChI is InChI=1S/C15H22N2O2/c1-11(2)16-14-10-17(9-13(14)15(18)19)8-12-6-4-3-5-7-12/h3-7,11,13-14,16H,8-10H2,1-2H3,(H,18,19). The summed E-state index contributed by atoms with van der Waals surface area (Å²) in [6.07, 6.45) is 0. The van der Waals surface area contributed by atoms with Gasteiger partial charge >= 0.3 is 5.97 Å². The molecule has 0 bridgehead atoms. The number of hydrogen-bond donors (Lipinski definition) is 2. The van der Waals surface area contributed by atoms with E-state index in [4.69, 9.17) is 0 Å². The Kier molecular flexibility index (Phi) is 4.56. The SMILES string of the molecule is CC(C)NC1CN(Cc2ccccc2)CC1C(=O)O. The van der Waals surface area contributed by atoms with E-state index < -0.39 is 5.97 Å². The Morgan fingerprint density at radius 3 is 2.63 bits per heavy atom. The fourth-order valence-electron chi connectivity index (χ4n) is 2.70. The molecule has 1 aromatic rings. The summed E-state index contributed by atoms with van der Waals surface area (Å²) in [6, 6.07) is 10.5. The molecule has 0 amide bonds. The molecule has 0 radical (unpaired) electrons. The van der Waals surface area contributed by atoms with E-state index in [0.29, 0.717) is 12.6 Å². The molecule has 1 aromatic carbocycles. The van der Waals surface area contributed by atoms with Crippen molar-refractivity contribution in [2.45, 2.75) is 32.5 Å². The van der Waals surface area contributed by atoms with Crippen molar-refractivity contribution >= 4 is 5.97 Å². The predicted molar refractivity (Wildman–Crippen MR) is 74.9 cm³/mol. The lowest BCUT2D eigenvalue weighted by atomic mass is 10.0. The summed E-state index contributed by atoms with van der Waals surface area (Å²) in [6.45, 7) is 6.34. The highest BCUT2D eigenvalue weighted by Gasteiger charge is 2.37. The molecule has 0 aromatic heterocycles. The quantitative estimate of drug-likeness (QED) is 0.846. The maximum Gasteiger partial charge on any atom is 0.309 e. The molecule has 0 aliphatic carbocycles. The van der Waals surface area contributed by atoms with Crippen molar-refractivity contribution in [1.82, 2.24) is 10.2 Å². The third-order valence-electron chi connectivity index (χ3n) is 3.51. The molecular weight excluding hydrogens is 240 g/mol. The first-order valence-corrected chi connectivity index (χ1v) is 6.81. The van der Waals surface area contributed by atoms with Gasteiger partial charge in [0, 0.05) is 31.7 Å². The second-order valence-electron chi connectivity index (χ2n) is 5.55. The van der Waals surface area contributed by atoms with Crippen LogP contribution in [0.1, 0.15) is 19.4 Å². The highest BCUT2D eigenvalue weighted by molar-refractivity contribution is 5.71. The zero-order chi connectivity index (χ0) is 13.8. The van der Waals surface area contributed by atoms with Gasteiger partial charge < -0.3 is 10.4 Å². The topological polar surface area (TPSA) is 52.6 Å². The molecule has 4 heteroatoms. The molecular formula is C15H22N2O2. The third kappa shape index (κ3) is 3.78. The minimum absolute atomic E-state index is 0.0428. The van der Waals surface area contributed by atoms with Gasteiger partial charge in [-0.15, -0.1) is 0 Å². The van der Waals surface area contributed by atoms with Crippen molar-refractivity contribution < 1.29 is 9.90 Å². The molecule has 1 aliphatic heterocycles. The van der Waals surface area contributed by atoms with Gasteiger partial charge in [-0.2, -0.15) is 0 Å². The number of rotatable bonds is 5. The van der Waals surface area contributed by atoms with Gasteiger partial charge in [-0.05, 0) is 5.56 Å². The summed E-state index contributed by atoms with van der Waals surface area (Å²) < 4.78 is 0. The Morgan fingerprint density at radius 2 is 2.05 bits per heavy atom. The normalized spacial score (nSPS) is 23.9. The van der Waals surface area contributed by atoms with Crippen LogP contribution >= 0.6 is 0 Å². The van der Waals surface area contributed by atoms with E-state index in [1.165, 1.54) is 5.56 Å². The number of aliphatic carboxylic acids is 1. The molecule has 2 unspecified atom stereocenters. The van der Waals surface area contributed by atoms with Gasteiger partial charge in [0.15, 0.2) is 0 Å². The number of nitrogens with one attached hydrogen (secondary N) is 1. The van der Waals surface area contributed by atoms with E-state index in [2.05, 4.69) is 36.2 Å². The van der Waals surface area contributed by atoms with Crippen molar-refractivity contribution in [1.29, 1.82) is 0 Å². The number of likely N-dealkylation sites (tertiary alicyclic amines) is 1. The first-order chi connectivity index (χ1) is 9.06. The van der Waals surface area contributed by atoms with Crippen LogP contribution in [0.5, 0.6) is 0 Å². The van der Waals surface area contributed by atoms with Gasteiger partial charge in [-0.3, -0.25) is 9.69 Å². The molecule has 19 heavy (non-hydrogen) atoms. The first kappa shape index (κ1) is 14.0. The van der Waals surface area contributed by atoms with Gasteiger partial charge in [-0.1, -0.05) is 44.2 Å². The minimum atomic E-state index is -0.700. The Labute approximate surface area is 114 Å². The minimum Gasteiger partial charge on any atom is -0.481 e. The Balaban J connectivity index is 1.99. The number of carboxylic acid groups (broad SMARTS) is 1. The summed E-state index contributed by atoms with van der Waals surface area (Å²) >= 11 is 0. The second-order valence-corrected chi connectivity index (χ2v) is 5.55. The van der Waals surface area contributed by atoms with Crippen LogP contribution in [0.2, 0.25) is 0 Å². The third-order valence-corrected chi connectivity index (χ3v) is 3.51. The van der Waals surface area contributed by atoms with Gasteiger partial charge in [0.05, 0.1) is 5.92 Å². The zero-order valence-corrected chi connectivity index (χ0v) is 11.5. The Bertz CT molecular complexity index is 419. The van der Waals surface area contributed by atoms with E-state index in [1.54, 1.807) is 0 Å². The van der Waals surface area contributed by atoms with Gasteiger partial charge in [-0.25, -0.2) is 0 Å². The second kappa shape index (κ2) is 6.17. The van der Waals surface area contributed by atoms with Crippen LogP contribution < -0.4 is 5.32 Å². The van der Waals surface area contributed by atoms with Crippen LogP contribution in [0.25, 0.3) is 0 Å². The van der Waals surface area contributed by atoms with Crippen molar-refractivity contribution in [2.75, 3.05) is 13.1 Å². The van der Waals surface area contributed by atoms with Crippen molar-refractivity contribution in [3.05, 3.63) is 35.9 Å².